The third-order valence-corrected chi connectivity index (χ3v) is 3.36. The van der Waals surface area contributed by atoms with E-state index in [-0.39, 0.29) is 13.0 Å². The van der Waals surface area contributed by atoms with Crippen LogP contribution in [0.25, 0.3) is 0 Å². The zero-order valence-electron chi connectivity index (χ0n) is 12.9. The van der Waals surface area contributed by atoms with Crippen molar-refractivity contribution in [2.75, 3.05) is 0 Å². The number of hydrogen-bond acceptors (Lipinski definition) is 3. The fourth-order valence-electron chi connectivity index (χ4n) is 2.13. The van der Waals surface area contributed by atoms with Gasteiger partial charge in [-0.15, -0.1) is 0 Å². The molecule has 5 nitrogen and oxygen atoms in total. The van der Waals surface area contributed by atoms with Crippen LogP contribution in [0.1, 0.15) is 29.2 Å². The SMILES string of the molecule is Cc1ccc([C@H](CC(=O)O)NC(=O)OCc2ccccc2)cc1. The lowest BCUT2D eigenvalue weighted by Crippen LogP contribution is -2.30. The number of carbonyl (C=O) groups excluding carboxylic acids is 1. The molecule has 2 aromatic rings. The molecule has 0 fully saturated rings. The van der Waals surface area contributed by atoms with E-state index < -0.39 is 18.1 Å². The Hall–Kier alpha value is -2.82. The molecule has 0 unspecified atom stereocenters. The van der Waals surface area contributed by atoms with Crippen molar-refractivity contribution in [3.63, 3.8) is 0 Å². The Balaban J connectivity index is 1.98. The number of rotatable bonds is 6. The smallest absolute Gasteiger partial charge is 0.407 e. The van der Waals surface area contributed by atoms with E-state index in [4.69, 9.17) is 9.84 Å². The molecule has 0 radical (unpaired) electrons. The van der Waals surface area contributed by atoms with E-state index in [2.05, 4.69) is 5.32 Å². The Labute approximate surface area is 134 Å². The molecule has 0 spiro atoms. The average molecular weight is 313 g/mol. The van der Waals surface area contributed by atoms with Crippen molar-refractivity contribution in [3.05, 3.63) is 71.3 Å². The first-order valence-corrected chi connectivity index (χ1v) is 7.30. The second-order valence-electron chi connectivity index (χ2n) is 5.27. The Morgan fingerprint density at radius 3 is 2.35 bits per heavy atom. The number of amides is 1. The summed E-state index contributed by atoms with van der Waals surface area (Å²) in [6, 6.07) is 16.0. The second-order valence-corrected chi connectivity index (χ2v) is 5.27. The van der Waals surface area contributed by atoms with E-state index in [1.807, 2.05) is 49.4 Å². The van der Waals surface area contributed by atoms with Crippen LogP contribution in [-0.2, 0) is 16.1 Å². The molecule has 0 aromatic heterocycles. The number of nitrogens with one attached hydrogen (secondary N) is 1. The standard InChI is InChI=1S/C18H19NO4/c1-13-7-9-15(10-8-13)16(11-17(20)21)19-18(22)23-12-14-5-3-2-4-6-14/h2-10,16H,11-12H2,1H3,(H,19,22)(H,20,21)/t16-/m0/s1. The van der Waals surface area contributed by atoms with Gasteiger partial charge in [-0.2, -0.15) is 0 Å². The van der Waals surface area contributed by atoms with Gasteiger partial charge in [0.1, 0.15) is 6.61 Å². The van der Waals surface area contributed by atoms with Crippen molar-refractivity contribution >= 4 is 12.1 Å². The van der Waals surface area contributed by atoms with Crippen molar-refractivity contribution in [2.45, 2.75) is 26.0 Å². The first kappa shape index (κ1) is 16.5. The molecule has 0 saturated heterocycles. The van der Waals surface area contributed by atoms with Crippen molar-refractivity contribution in [3.8, 4) is 0 Å². The van der Waals surface area contributed by atoms with Gasteiger partial charge in [-0.05, 0) is 18.1 Å². The van der Waals surface area contributed by atoms with Crippen LogP contribution in [-0.4, -0.2) is 17.2 Å². The van der Waals surface area contributed by atoms with E-state index in [1.54, 1.807) is 12.1 Å². The Bertz CT molecular complexity index is 652. The minimum atomic E-state index is -0.987. The maximum absolute atomic E-state index is 11.9. The molecular weight excluding hydrogens is 294 g/mol. The number of carbonyl (C=O) groups is 2. The van der Waals surface area contributed by atoms with E-state index in [0.717, 1.165) is 16.7 Å². The Morgan fingerprint density at radius 2 is 1.74 bits per heavy atom. The fourth-order valence-corrected chi connectivity index (χ4v) is 2.13. The van der Waals surface area contributed by atoms with Crippen LogP contribution in [0, 0.1) is 6.92 Å². The molecule has 2 N–H and O–H groups in total. The number of aryl methyl sites for hydroxylation is 1. The third kappa shape index (κ3) is 5.47. The van der Waals surface area contributed by atoms with E-state index in [1.165, 1.54) is 0 Å². The fraction of sp³-hybridized carbons (Fsp3) is 0.222. The van der Waals surface area contributed by atoms with Gasteiger partial charge in [0.2, 0.25) is 0 Å². The maximum atomic E-state index is 11.9. The molecule has 1 atom stereocenters. The van der Waals surface area contributed by atoms with Gasteiger partial charge in [0.05, 0.1) is 12.5 Å². The summed E-state index contributed by atoms with van der Waals surface area (Å²) in [5.74, 6) is -0.987. The van der Waals surface area contributed by atoms with Gasteiger partial charge in [-0.25, -0.2) is 4.79 Å². The summed E-state index contributed by atoms with van der Waals surface area (Å²) in [4.78, 5) is 22.9. The van der Waals surface area contributed by atoms with Gasteiger partial charge in [-0.1, -0.05) is 60.2 Å². The summed E-state index contributed by atoms with van der Waals surface area (Å²) >= 11 is 0. The number of alkyl carbamates (subject to hydrolysis) is 1. The molecule has 2 aromatic carbocycles. The highest BCUT2D eigenvalue weighted by molar-refractivity contribution is 5.72. The second kappa shape index (κ2) is 7.98. The minimum absolute atomic E-state index is 0.139. The molecule has 0 bridgehead atoms. The molecule has 1 amide bonds. The van der Waals surface area contributed by atoms with Crippen LogP contribution < -0.4 is 5.32 Å². The predicted octanol–water partition coefficient (Wildman–Crippen LogP) is 3.44. The van der Waals surface area contributed by atoms with Gasteiger partial charge in [0.15, 0.2) is 0 Å². The summed E-state index contributed by atoms with van der Waals surface area (Å²) in [5.41, 5.74) is 2.66. The largest absolute Gasteiger partial charge is 0.481 e. The van der Waals surface area contributed by atoms with Crippen LogP contribution in [0.5, 0.6) is 0 Å². The molecule has 0 aliphatic heterocycles. The zero-order chi connectivity index (χ0) is 16.7. The Kier molecular flexibility index (Phi) is 5.74. The lowest BCUT2D eigenvalue weighted by molar-refractivity contribution is -0.137. The molecule has 0 saturated carbocycles. The first-order chi connectivity index (χ1) is 11.0. The van der Waals surface area contributed by atoms with Gasteiger partial charge in [0, 0.05) is 0 Å². The highest BCUT2D eigenvalue weighted by Crippen LogP contribution is 2.18. The van der Waals surface area contributed by atoms with Crippen LogP contribution in [0.3, 0.4) is 0 Å². The van der Waals surface area contributed by atoms with E-state index in [0.29, 0.717) is 0 Å². The van der Waals surface area contributed by atoms with Gasteiger partial charge < -0.3 is 15.2 Å². The van der Waals surface area contributed by atoms with Crippen LogP contribution >= 0.6 is 0 Å². The Morgan fingerprint density at radius 1 is 1.09 bits per heavy atom. The van der Waals surface area contributed by atoms with Crippen molar-refractivity contribution in [2.24, 2.45) is 0 Å². The number of aliphatic carboxylic acids is 1. The van der Waals surface area contributed by atoms with Crippen molar-refractivity contribution in [1.29, 1.82) is 0 Å². The van der Waals surface area contributed by atoms with Crippen molar-refractivity contribution in [1.82, 2.24) is 5.32 Å². The van der Waals surface area contributed by atoms with E-state index in [9.17, 15) is 9.59 Å². The molecule has 2 rings (SSSR count). The normalized spacial score (nSPS) is 11.5. The van der Waals surface area contributed by atoms with E-state index >= 15 is 0 Å². The molecule has 23 heavy (non-hydrogen) atoms. The summed E-state index contributed by atoms with van der Waals surface area (Å²) in [7, 11) is 0. The highest BCUT2D eigenvalue weighted by Gasteiger charge is 2.18. The van der Waals surface area contributed by atoms with Crippen LogP contribution in [0.2, 0.25) is 0 Å². The number of carboxylic acids is 1. The molecule has 120 valence electrons. The monoisotopic (exact) mass is 313 g/mol. The van der Waals surface area contributed by atoms with Crippen LogP contribution in [0.15, 0.2) is 54.6 Å². The van der Waals surface area contributed by atoms with Gasteiger partial charge >= 0.3 is 12.1 Å². The number of benzene rings is 2. The summed E-state index contributed by atoms with van der Waals surface area (Å²) in [5, 5.41) is 11.6. The first-order valence-electron chi connectivity index (χ1n) is 7.30. The molecule has 0 aliphatic rings. The quantitative estimate of drug-likeness (QED) is 0.856. The molecule has 5 heteroatoms. The summed E-state index contributed by atoms with van der Waals surface area (Å²) in [6.45, 7) is 2.08. The number of hydrogen-bond donors (Lipinski definition) is 2. The third-order valence-electron chi connectivity index (χ3n) is 3.36. The van der Waals surface area contributed by atoms with Gasteiger partial charge in [-0.3, -0.25) is 4.79 Å². The summed E-state index contributed by atoms with van der Waals surface area (Å²) in [6.07, 6.45) is -0.843. The lowest BCUT2D eigenvalue weighted by Gasteiger charge is -2.17. The highest BCUT2D eigenvalue weighted by atomic mass is 16.5. The zero-order valence-corrected chi connectivity index (χ0v) is 12.9. The van der Waals surface area contributed by atoms with Crippen LogP contribution in [0.4, 0.5) is 4.79 Å². The lowest BCUT2D eigenvalue weighted by atomic mass is 10.0. The molecule has 0 aliphatic carbocycles. The molecular formula is C18H19NO4. The predicted molar refractivity (Wildman–Crippen MR) is 85.9 cm³/mol. The van der Waals surface area contributed by atoms with Gasteiger partial charge in [0.25, 0.3) is 0 Å². The number of ether oxygens (including phenoxy) is 1. The summed E-state index contributed by atoms with van der Waals surface area (Å²) < 4.78 is 5.14. The topological polar surface area (TPSA) is 75.6 Å². The average Bonchev–Trinajstić information content (AvgIpc) is 2.53. The molecule has 0 heterocycles. The maximum Gasteiger partial charge on any atom is 0.407 e. The van der Waals surface area contributed by atoms with Crippen molar-refractivity contribution < 1.29 is 19.4 Å². The number of carboxylic acid groups (broad SMARTS) is 1. The minimum Gasteiger partial charge on any atom is -0.481 e.